The molecule has 0 unspecified atom stereocenters. The van der Waals surface area contributed by atoms with Crippen molar-refractivity contribution >= 4 is 10.9 Å². The summed E-state index contributed by atoms with van der Waals surface area (Å²) in [6.45, 7) is 0.878. The Morgan fingerprint density at radius 3 is 2.53 bits per heavy atom. The molecule has 17 heavy (non-hydrogen) atoms. The van der Waals surface area contributed by atoms with Gasteiger partial charge < -0.3 is 19.4 Å². The average molecular weight is 234 g/mol. The fourth-order valence-electron chi connectivity index (χ4n) is 2.02. The van der Waals surface area contributed by atoms with E-state index in [1.807, 2.05) is 18.3 Å². The third kappa shape index (κ3) is 2.22. The van der Waals surface area contributed by atoms with Gasteiger partial charge in [0.05, 0.1) is 19.7 Å². The van der Waals surface area contributed by atoms with Crippen LogP contribution in [-0.2, 0) is 6.54 Å². The van der Waals surface area contributed by atoms with E-state index >= 15 is 0 Å². The van der Waals surface area contributed by atoms with Gasteiger partial charge in [0.25, 0.3) is 0 Å². The predicted molar refractivity (Wildman–Crippen MR) is 68.8 cm³/mol. The molecule has 4 heteroatoms. The van der Waals surface area contributed by atoms with Gasteiger partial charge in [-0.2, -0.15) is 0 Å². The quantitative estimate of drug-likeness (QED) is 0.881. The third-order valence-corrected chi connectivity index (χ3v) is 2.74. The first kappa shape index (κ1) is 11.8. The second kappa shape index (κ2) is 4.67. The van der Waals surface area contributed by atoms with Crippen LogP contribution in [0.25, 0.3) is 10.9 Å². The lowest BCUT2D eigenvalue weighted by Crippen LogP contribution is -2.10. The molecule has 2 aromatic rings. The summed E-state index contributed by atoms with van der Waals surface area (Å²) in [7, 11) is 7.44. The molecular weight excluding hydrogens is 216 g/mol. The number of rotatable bonds is 4. The second-order valence-electron chi connectivity index (χ2n) is 4.30. The number of fused-ring (bicyclic) bond motifs is 1. The molecule has 0 amide bonds. The van der Waals surface area contributed by atoms with Crippen molar-refractivity contribution in [1.82, 2.24) is 9.88 Å². The van der Waals surface area contributed by atoms with Gasteiger partial charge in [-0.3, -0.25) is 0 Å². The summed E-state index contributed by atoms with van der Waals surface area (Å²) in [4.78, 5) is 5.39. The van der Waals surface area contributed by atoms with Gasteiger partial charge in [-0.25, -0.2) is 0 Å². The van der Waals surface area contributed by atoms with Crippen molar-refractivity contribution in [2.75, 3.05) is 28.3 Å². The molecule has 0 saturated heterocycles. The summed E-state index contributed by atoms with van der Waals surface area (Å²) in [6.07, 6.45) is 2.02. The number of aromatic nitrogens is 1. The van der Waals surface area contributed by atoms with Crippen LogP contribution in [-0.4, -0.2) is 38.2 Å². The van der Waals surface area contributed by atoms with Crippen LogP contribution in [0.4, 0.5) is 0 Å². The maximum Gasteiger partial charge on any atom is 0.132 e. The minimum atomic E-state index is 0.799. The minimum Gasteiger partial charge on any atom is -0.497 e. The van der Waals surface area contributed by atoms with E-state index in [9.17, 15) is 0 Å². The molecule has 0 aliphatic heterocycles. The molecule has 4 nitrogen and oxygen atoms in total. The Morgan fingerprint density at radius 1 is 1.18 bits per heavy atom. The SMILES string of the molecule is COc1cc(OC)c2c(CN(C)C)c[nH]c2c1. The standard InChI is InChI=1S/C13H18N2O2/c1-15(2)8-9-7-14-11-5-10(16-3)6-12(17-4)13(9)11/h5-7,14H,8H2,1-4H3. The molecule has 0 saturated carbocycles. The highest BCUT2D eigenvalue weighted by Crippen LogP contribution is 2.33. The van der Waals surface area contributed by atoms with Crippen molar-refractivity contribution in [2.24, 2.45) is 0 Å². The summed E-state index contributed by atoms with van der Waals surface area (Å²) >= 11 is 0. The molecule has 1 heterocycles. The smallest absolute Gasteiger partial charge is 0.132 e. The molecule has 0 aliphatic rings. The van der Waals surface area contributed by atoms with E-state index in [4.69, 9.17) is 9.47 Å². The van der Waals surface area contributed by atoms with Crippen molar-refractivity contribution in [1.29, 1.82) is 0 Å². The maximum absolute atomic E-state index is 5.43. The van der Waals surface area contributed by atoms with Crippen molar-refractivity contribution < 1.29 is 9.47 Å². The maximum atomic E-state index is 5.43. The van der Waals surface area contributed by atoms with Gasteiger partial charge in [-0.05, 0) is 19.7 Å². The first-order valence-corrected chi connectivity index (χ1v) is 5.52. The van der Waals surface area contributed by atoms with Crippen LogP contribution in [0.3, 0.4) is 0 Å². The van der Waals surface area contributed by atoms with Gasteiger partial charge in [0.15, 0.2) is 0 Å². The summed E-state index contributed by atoms with van der Waals surface area (Å²) in [5.74, 6) is 1.64. The minimum absolute atomic E-state index is 0.799. The number of benzene rings is 1. The summed E-state index contributed by atoms with van der Waals surface area (Å²) < 4.78 is 10.7. The van der Waals surface area contributed by atoms with Gasteiger partial charge >= 0.3 is 0 Å². The van der Waals surface area contributed by atoms with E-state index in [1.54, 1.807) is 14.2 Å². The molecule has 0 atom stereocenters. The van der Waals surface area contributed by atoms with Crippen LogP contribution >= 0.6 is 0 Å². The van der Waals surface area contributed by atoms with E-state index in [1.165, 1.54) is 5.56 Å². The highest BCUT2D eigenvalue weighted by Gasteiger charge is 2.12. The van der Waals surface area contributed by atoms with Crippen LogP contribution in [0.5, 0.6) is 11.5 Å². The van der Waals surface area contributed by atoms with E-state index in [0.717, 1.165) is 28.9 Å². The predicted octanol–water partition coefficient (Wildman–Crippen LogP) is 2.25. The Morgan fingerprint density at radius 2 is 1.94 bits per heavy atom. The van der Waals surface area contributed by atoms with E-state index in [0.29, 0.717) is 0 Å². The Bertz CT molecular complexity index is 517. The number of nitrogens with zero attached hydrogens (tertiary/aromatic N) is 1. The van der Waals surface area contributed by atoms with Gasteiger partial charge in [-0.15, -0.1) is 0 Å². The lowest BCUT2D eigenvalue weighted by atomic mass is 10.1. The first-order chi connectivity index (χ1) is 8.15. The Balaban J connectivity index is 2.58. The van der Waals surface area contributed by atoms with Crippen molar-refractivity contribution in [2.45, 2.75) is 6.54 Å². The zero-order chi connectivity index (χ0) is 12.4. The summed E-state index contributed by atoms with van der Waals surface area (Å²) in [6, 6.07) is 3.90. The molecule has 1 aromatic heterocycles. The van der Waals surface area contributed by atoms with Crippen LogP contribution in [0, 0.1) is 0 Å². The fraction of sp³-hybridized carbons (Fsp3) is 0.385. The molecule has 0 radical (unpaired) electrons. The average Bonchev–Trinajstić information content (AvgIpc) is 2.70. The fourth-order valence-corrected chi connectivity index (χ4v) is 2.02. The molecule has 2 rings (SSSR count). The van der Waals surface area contributed by atoms with Crippen molar-refractivity contribution in [3.63, 3.8) is 0 Å². The topological polar surface area (TPSA) is 37.5 Å². The van der Waals surface area contributed by atoms with E-state index < -0.39 is 0 Å². The highest BCUT2D eigenvalue weighted by atomic mass is 16.5. The van der Waals surface area contributed by atoms with Crippen LogP contribution < -0.4 is 9.47 Å². The zero-order valence-electron chi connectivity index (χ0n) is 10.7. The molecule has 1 N–H and O–H groups in total. The molecule has 0 aliphatic carbocycles. The molecule has 1 aromatic carbocycles. The Hall–Kier alpha value is -1.68. The van der Waals surface area contributed by atoms with Gasteiger partial charge in [0.2, 0.25) is 0 Å². The first-order valence-electron chi connectivity index (χ1n) is 5.52. The summed E-state index contributed by atoms with van der Waals surface area (Å²) in [5.41, 5.74) is 2.27. The van der Waals surface area contributed by atoms with Crippen LogP contribution in [0.15, 0.2) is 18.3 Å². The van der Waals surface area contributed by atoms with Crippen molar-refractivity contribution in [3.05, 3.63) is 23.9 Å². The monoisotopic (exact) mass is 234 g/mol. The number of H-pyrrole nitrogens is 1. The van der Waals surface area contributed by atoms with Gasteiger partial charge in [0, 0.05) is 30.3 Å². The van der Waals surface area contributed by atoms with Gasteiger partial charge in [-0.1, -0.05) is 0 Å². The van der Waals surface area contributed by atoms with Crippen LogP contribution in [0.2, 0.25) is 0 Å². The normalized spacial score (nSPS) is 11.1. The summed E-state index contributed by atoms with van der Waals surface area (Å²) in [5, 5.41) is 1.13. The second-order valence-corrected chi connectivity index (χ2v) is 4.30. The number of methoxy groups -OCH3 is 2. The van der Waals surface area contributed by atoms with Gasteiger partial charge in [0.1, 0.15) is 11.5 Å². The molecule has 0 spiro atoms. The Labute approximate surface area is 101 Å². The number of hydrogen-bond acceptors (Lipinski definition) is 3. The largest absolute Gasteiger partial charge is 0.497 e. The molecule has 0 bridgehead atoms. The molecule has 92 valence electrons. The van der Waals surface area contributed by atoms with Crippen molar-refractivity contribution in [3.8, 4) is 11.5 Å². The van der Waals surface area contributed by atoms with E-state index in [-0.39, 0.29) is 0 Å². The number of nitrogens with one attached hydrogen (secondary N) is 1. The highest BCUT2D eigenvalue weighted by molar-refractivity contribution is 5.90. The lowest BCUT2D eigenvalue weighted by molar-refractivity contribution is 0.394. The molecular formula is C13H18N2O2. The lowest BCUT2D eigenvalue weighted by Gasteiger charge is -2.11. The third-order valence-electron chi connectivity index (χ3n) is 2.74. The molecule has 0 fully saturated rings. The Kier molecular flexibility index (Phi) is 3.24. The van der Waals surface area contributed by atoms with Crippen LogP contribution in [0.1, 0.15) is 5.56 Å². The number of ether oxygens (including phenoxy) is 2. The zero-order valence-corrected chi connectivity index (χ0v) is 10.7. The van der Waals surface area contributed by atoms with E-state index in [2.05, 4.69) is 24.0 Å². The number of hydrogen-bond donors (Lipinski definition) is 1. The number of aromatic amines is 1.